The topological polar surface area (TPSA) is 29.1 Å². The first-order valence-corrected chi connectivity index (χ1v) is 5.69. The smallest absolute Gasteiger partial charge is 0.150 e. The highest BCUT2D eigenvalue weighted by Crippen LogP contribution is 2.15. The molecule has 0 fully saturated rings. The fourth-order valence-electron chi connectivity index (χ4n) is 1.52. The first kappa shape index (κ1) is 11.7. The van der Waals surface area contributed by atoms with Crippen LogP contribution in [0.5, 0.6) is 0 Å². The molecule has 0 saturated carbocycles. The molecular weight excluding hydrogens is 234 g/mol. The largest absolute Gasteiger partial charge is 0.381 e. The van der Waals surface area contributed by atoms with E-state index < -0.39 is 0 Å². The third-order valence-electron chi connectivity index (χ3n) is 2.44. The van der Waals surface area contributed by atoms with Crippen molar-refractivity contribution in [2.75, 3.05) is 5.32 Å². The number of carbonyl (C=O) groups excluding carboxylic acids is 1. The van der Waals surface area contributed by atoms with Gasteiger partial charge in [-0.25, -0.2) is 0 Å². The molecule has 0 aliphatic rings. The van der Waals surface area contributed by atoms with Crippen LogP contribution in [0.4, 0.5) is 5.69 Å². The first-order chi connectivity index (χ1) is 8.28. The van der Waals surface area contributed by atoms with E-state index in [0.29, 0.717) is 17.1 Å². The number of carbonyl (C=O) groups is 1. The Kier molecular flexibility index (Phi) is 3.78. The summed E-state index contributed by atoms with van der Waals surface area (Å²) >= 11 is 5.89. The van der Waals surface area contributed by atoms with Gasteiger partial charge in [-0.15, -0.1) is 0 Å². The third kappa shape index (κ3) is 3.33. The summed E-state index contributed by atoms with van der Waals surface area (Å²) in [7, 11) is 0. The lowest BCUT2D eigenvalue weighted by Crippen LogP contribution is -1.99. The molecule has 0 aliphatic heterocycles. The van der Waals surface area contributed by atoms with Crippen LogP contribution in [0.25, 0.3) is 0 Å². The highest BCUT2D eigenvalue weighted by molar-refractivity contribution is 6.30. The Morgan fingerprint density at radius 1 is 1.12 bits per heavy atom. The number of halogens is 1. The van der Waals surface area contributed by atoms with Crippen molar-refractivity contribution < 1.29 is 4.79 Å². The average Bonchev–Trinajstić information content (AvgIpc) is 2.37. The van der Waals surface area contributed by atoms with Gasteiger partial charge in [0.15, 0.2) is 0 Å². The number of hydrogen-bond acceptors (Lipinski definition) is 2. The van der Waals surface area contributed by atoms with Gasteiger partial charge in [-0.05, 0) is 23.8 Å². The van der Waals surface area contributed by atoms with Gasteiger partial charge in [-0.3, -0.25) is 4.79 Å². The Balaban J connectivity index is 1.99. The minimum absolute atomic E-state index is 0.691. The quantitative estimate of drug-likeness (QED) is 0.831. The molecule has 17 heavy (non-hydrogen) atoms. The predicted molar refractivity (Wildman–Crippen MR) is 70.6 cm³/mol. The van der Waals surface area contributed by atoms with E-state index in [9.17, 15) is 4.79 Å². The maximum absolute atomic E-state index is 10.5. The van der Waals surface area contributed by atoms with E-state index in [-0.39, 0.29) is 0 Å². The van der Waals surface area contributed by atoms with Crippen LogP contribution >= 0.6 is 11.6 Å². The fourth-order valence-corrected chi connectivity index (χ4v) is 1.71. The number of rotatable bonds is 4. The molecule has 2 aromatic carbocycles. The lowest BCUT2D eigenvalue weighted by Gasteiger charge is -2.06. The molecule has 0 spiro atoms. The summed E-state index contributed by atoms with van der Waals surface area (Å²) in [5, 5.41) is 3.98. The van der Waals surface area contributed by atoms with Crippen molar-refractivity contribution in [3.63, 3.8) is 0 Å². The lowest BCUT2D eigenvalue weighted by atomic mass is 10.1. The zero-order valence-corrected chi connectivity index (χ0v) is 9.95. The third-order valence-corrected chi connectivity index (χ3v) is 2.67. The van der Waals surface area contributed by atoms with Crippen molar-refractivity contribution in [3.8, 4) is 0 Å². The summed E-state index contributed by atoms with van der Waals surface area (Å²) in [4.78, 5) is 10.5. The van der Waals surface area contributed by atoms with E-state index in [0.717, 1.165) is 17.5 Å². The zero-order valence-electron chi connectivity index (χ0n) is 9.19. The van der Waals surface area contributed by atoms with Crippen LogP contribution in [0.3, 0.4) is 0 Å². The van der Waals surface area contributed by atoms with Crippen LogP contribution in [0, 0.1) is 0 Å². The monoisotopic (exact) mass is 245 g/mol. The van der Waals surface area contributed by atoms with E-state index >= 15 is 0 Å². The maximum Gasteiger partial charge on any atom is 0.150 e. The van der Waals surface area contributed by atoms with Crippen molar-refractivity contribution in [1.29, 1.82) is 0 Å². The lowest BCUT2D eigenvalue weighted by molar-refractivity contribution is 0.112. The second kappa shape index (κ2) is 5.51. The van der Waals surface area contributed by atoms with E-state index in [1.54, 1.807) is 0 Å². The highest BCUT2D eigenvalue weighted by Gasteiger charge is 1.95. The van der Waals surface area contributed by atoms with Gasteiger partial charge in [0.05, 0.1) is 0 Å². The molecular formula is C14H12ClNO. The Hall–Kier alpha value is -1.80. The molecule has 2 nitrogen and oxygen atoms in total. The molecule has 0 saturated heterocycles. The summed E-state index contributed by atoms with van der Waals surface area (Å²) in [5.41, 5.74) is 2.80. The summed E-state index contributed by atoms with van der Waals surface area (Å²) in [5.74, 6) is 0. The number of benzene rings is 2. The molecule has 3 heteroatoms. The Morgan fingerprint density at radius 3 is 2.53 bits per heavy atom. The Bertz CT molecular complexity index is 508. The van der Waals surface area contributed by atoms with E-state index in [1.165, 1.54) is 0 Å². The molecule has 2 rings (SSSR count). The van der Waals surface area contributed by atoms with Gasteiger partial charge in [0.1, 0.15) is 6.29 Å². The van der Waals surface area contributed by atoms with E-state index in [2.05, 4.69) is 5.32 Å². The van der Waals surface area contributed by atoms with Gasteiger partial charge in [0.2, 0.25) is 0 Å². The molecule has 0 atom stereocenters. The van der Waals surface area contributed by atoms with E-state index in [1.807, 2.05) is 48.5 Å². The molecule has 0 unspecified atom stereocenters. The van der Waals surface area contributed by atoms with Gasteiger partial charge >= 0.3 is 0 Å². The SMILES string of the molecule is O=Cc1ccc(CNc2cccc(Cl)c2)cc1. The highest BCUT2D eigenvalue weighted by atomic mass is 35.5. The van der Waals surface area contributed by atoms with Crippen molar-refractivity contribution in [2.45, 2.75) is 6.54 Å². The minimum atomic E-state index is 0.691. The molecule has 1 N–H and O–H groups in total. The first-order valence-electron chi connectivity index (χ1n) is 5.31. The van der Waals surface area contributed by atoms with Crippen molar-refractivity contribution >= 4 is 23.6 Å². The predicted octanol–water partition coefficient (Wildman–Crippen LogP) is 3.76. The number of aldehydes is 1. The van der Waals surface area contributed by atoms with Gasteiger partial charge in [-0.1, -0.05) is 41.9 Å². The van der Waals surface area contributed by atoms with Crippen molar-refractivity contribution in [3.05, 3.63) is 64.7 Å². The van der Waals surface area contributed by atoms with Crippen LogP contribution < -0.4 is 5.32 Å². The molecule has 0 bridgehead atoms. The molecule has 0 aliphatic carbocycles. The summed E-state index contributed by atoms with van der Waals surface area (Å²) in [6, 6.07) is 15.1. The minimum Gasteiger partial charge on any atom is -0.381 e. The van der Waals surface area contributed by atoms with Crippen LogP contribution in [-0.4, -0.2) is 6.29 Å². The molecule has 0 heterocycles. The standard InChI is InChI=1S/C14H12ClNO/c15-13-2-1-3-14(8-13)16-9-11-4-6-12(10-17)7-5-11/h1-8,10,16H,9H2. The number of hydrogen-bond donors (Lipinski definition) is 1. The van der Waals surface area contributed by atoms with Crippen LogP contribution in [0.1, 0.15) is 15.9 Å². The summed E-state index contributed by atoms with van der Waals surface area (Å²) in [6.07, 6.45) is 0.841. The van der Waals surface area contributed by atoms with Gasteiger partial charge in [0, 0.05) is 22.8 Å². The average molecular weight is 246 g/mol. The van der Waals surface area contributed by atoms with Crippen LogP contribution in [0.15, 0.2) is 48.5 Å². The maximum atomic E-state index is 10.5. The number of anilines is 1. The van der Waals surface area contributed by atoms with Crippen molar-refractivity contribution in [1.82, 2.24) is 0 Å². The summed E-state index contributed by atoms with van der Waals surface area (Å²) < 4.78 is 0. The van der Waals surface area contributed by atoms with Gasteiger partial charge < -0.3 is 5.32 Å². The Morgan fingerprint density at radius 2 is 1.88 bits per heavy atom. The molecule has 86 valence electrons. The van der Waals surface area contributed by atoms with E-state index in [4.69, 9.17) is 11.6 Å². The van der Waals surface area contributed by atoms with Gasteiger partial charge in [0.25, 0.3) is 0 Å². The van der Waals surface area contributed by atoms with Crippen LogP contribution in [-0.2, 0) is 6.54 Å². The van der Waals surface area contributed by atoms with Gasteiger partial charge in [-0.2, -0.15) is 0 Å². The molecule has 0 radical (unpaired) electrons. The second-order valence-electron chi connectivity index (χ2n) is 3.72. The normalized spacial score (nSPS) is 9.94. The molecule has 0 aromatic heterocycles. The molecule has 0 amide bonds. The number of nitrogens with one attached hydrogen (secondary N) is 1. The zero-order chi connectivity index (χ0) is 12.1. The molecule has 2 aromatic rings. The fraction of sp³-hybridized carbons (Fsp3) is 0.0714. The Labute approximate surface area is 105 Å². The summed E-state index contributed by atoms with van der Waals surface area (Å²) in [6.45, 7) is 0.708. The van der Waals surface area contributed by atoms with Crippen molar-refractivity contribution in [2.24, 2.45) is 0 Å². The van der Waals surface area contributed by atoms with Crippen LogP contribution in [0.2, 0.25) is 5.02 Å². The second-order valence-corrected chi connectivity index (χ2v) is 4.16.